The minimum Gasteiger partial charge on any atom is -0.393 e. The van der Waals surface area contributed by atoms with Crippen molar-refractivity contribution in [2.45, 2.75) is 91.7 Å². The number of hydrogen-bond acceptors (Lipinski definition) is 5. The number of ketones is 1. The summed E-state index contributed by atoms with van der Waals surface area (Å²) in [6, 6.07) is 6.30. The number of hydrogen-bond donors (Lipinski definition) is 3. The van der Waals surface area contributed by atoms with Gasteiger partial charge in [0.15, 0.2) is 5.78 Å². The first kappa shape index (κ1) is 24.8. The quantitative estimate of drug-likeness (QED) is 0.463. The van der Waals surface area contributed by atoms with Crippen molar-refractivity contribution in [2.75, 3.05) is 5.32 Å². The number of fused-ring (bicyclic) bond motifs is 2. The number of aliphatic hydroxyl groups is 1. The van der Waals surface area contributed by atoms with Crippen LogP contribution in [0.2, 0.25) is 0 Å². The van der Waals surface area contributed by atoms with Crippen LogP contribution in [0.15, 0.2) is 23.0 Å². The number of carbonyl (C=O) groups is 1. The number of H-pyrrole nitrogens is 1. The van der Waals surface area contributed by atoms with Crippen LogP contribution in [0.25, 0.3) is 16.5 Å². The molecule has 0 bridgehead atoms. The van der Waals surface area contributed by atoms with E-state index in [9.17, 15) is 14.7 Å². The maximum atomic E-state index is 13.3. The largest absolute Gasteiger partial charge is 0.393 e. The number of aliphatic hydroxyl groups excluding tert-OH is 1. The number of Topliss-reactive ketones (excluding diaryl/α,β-unsaturated/α-hetero) is 1. The molecule has 1 aromatic carbocycles. The first-order valence-electron chi connectivity index (χ1n) is 13.3. The molecule has 3 aromatic rings. The number of pyridine rings is 1. The van der Waals surface area contributed by atoms with E-state index < -0.39 is 0 Å². The first-order chi connectivity index (χ1) is 17.0. The molecule has 7 heteroatoms. The third kappa shape index (κ3) is 4.73. The van der Waals surface area contributed by atoms with Crippen LogP contribution >= 0.6 is 0 Å². The van der Waals surface area contributed by atoms with Crippen LogP contribution in [0.5, 0.6) is 0 Å². The standard InChI is InChI=1S/C29H38N4O3/c1-16(2)10-20-11-18-12-21(33-24-14-29(4,5)15-25(35)26(24)17(3)32-33)13-23(27(18)28(36)31-20)30-19-6-8-22(34)9-7-19/h11-13,16,19,22,30,34H,6-10,14-15H2,1-5H3,(H,31,36). The molecule has 3 N–H and O–H groups in total. The molecule has 2 heterocycles. The second-order valence-electron chi connectivity index (χ2n) is 12.1. The van der Waals surface area contributed by atoms with Gasteiger partial charge in [0.25, 0.3) is 5.56 Å². The molecule has 2 aromatic heterocycles. The Morgan fingerprint density at radius 1 is 1.14 bits per heavy atom. The summed E-state index contributed by atoms with van der Waals surface area (Å²) in [5, 5.41) is 19.9. The number of benzene rings is 1. The molecule has 0 atom stereocenters. The van der Waals surface area contributed by atoms with Crippen LogP contribution in [0.1, 0.15) is 87.2 Å². The van der Waals surface area contributed by atoms with E-state index in [-0.39, 0.29) is 28.9 Å². The zero-order chi connectivity index (χ0) is 25.8. The molecule has 1 fully saturated rings. The van der Waals surface area contributed by atoms with Gasteiger partial charge in [0.05, 0.1) is 34.1 Å². The summed E-state index contributed by atoms with van der Waals surface area (Å²) in [6.07, 6.45) is 5.07. The number of carbonyl (C=O) groups excluding carboxylic acids is 1. The fourth-order valence-corrected chi connectivity index (χ4v) is 6.03. The van der Waals surface area contributed by atoms with Crippen LogP contribution < -0.4 is 10.9 Å². The maximum Gasteiger partial charge on any atom is 0.258 e. The molecular formula is C29H38N4O3. The molecule has 5 rings (SSSR count). The van der Waals surface area contributed by atoms with Crippen molar-refractivity contribution < 1.29 is 9.90 Å². The number of aryl methyl sites for hydroxylation is 1. The van der Waals surface area contributed by atoms with Gasteiger partial charge in [-0.3, -0.25) is 9.59 Å². The molecule has 0 radical (unpaired) electrons. The molecule has 36 heavy (non-hydrogen) atoms. The van der Waals surface area contributed by atoms with Crippen LogP contribution in [0, 0.1) is 18.3 Å². The van der Waals surface area contributed by atoms with Crippen LogP contribution in [0.3, 0.4) is 0 Å². The Morgan fingerprint density at radius 3 is 2.56 bits per heavy atom. The minimum atomic E-state index is -0.243. The van der Waals surface area contributed by atoms with Gasteiger partial charge in [-0.15, -0.1) is 0 Å². The van der Waals surface area contributed by atoms with E-state index in [4.69, 9.17) is 5.10 Å². The van der Waals surface area contributed by atoms with E-state index in [0.717, 1.165) is 77.9 Å². The number of nitrogens with zero attached hydrogens (tertiary/aromatic N) is 2. The van der Waals surface area contributed by atoms with E-state index in [2.05, 4.69) is 44.1 Å². The Balaban J connectivity index is 1.67. The lowest BCUT2D eigenvalue weighted by atomic mass is 9.75. The van der Waals surface area contributed by atoms with Crippen molar-refractivity contribution in [2.24, 2.45) is 11.3 Å². The third-order valence-corrected chi connectivity index (χ3v) is 7.63. The SMILES string of the molecule is Cc1nn(-c2cc(NC3CCC(O)CC3)c3c(=O)[nH]c(CC(C)C)cc3c2)c2c1C(=O)CC(C)(C)C2. The maximum absolute atomic E-state index is 13.3. The van der Waals surface area contributed by atoms with Crippen LogP contribution in [0.4, 0.5) is 5.69 Å². The molecule has 0 aliphatic heterocycles. The lowest BCUT2D eigenvalue weighted by molar-refractivity contribution is 0.0910. The van der Waals surface area contributed by atoms with Crippen molar-refractivity contribution in [3.05, 3.63) is 51.2 Å². The van der Waals surface area contributed by atoms with E-state index in [0.29, 0.717) is 17.7 Å². The summed E-state index contributed by atoms with van der Waals surface area (Å²) >= 11 is 0. The van der Waals surface area contributed by atoms with Gasteiger partial charge in [0.1, 0.15) is 0 Å². The van der Waals surface area contributed by atoms with Gasteiger partial charge in [-0.2, -0.15) is 5.10 Å². The highest BCUT2D eigenvalue weighted by Crippen LogP contribution is 2.38. The van der Waals surface area contributed by atoms with Crippen molar-refractivity contribution in [3.8, 4) is 5.69 Å². The van der Waals surface area contributed by atoms with Crippen molar-refractivity contribution >= 4 is 22.2 Å². The topological polar surface area (TPSA) is 100 Å². The van der Waals surface area contributed by atoms with Crippen molar-refractivity contribution in [3.63, 3.8) is 0 Å². The van der Waals surface area contributed by atoms with Gasteiger partial charge >= 0.3 is 0 Å². The van der Waals surface area contributed by atoms with Crippen molar-refractivity contribution in [1.82, 2.24) is 14.8 Å². The van der Waals surface area contributed by atoms with Gasteiger partial charge in [-0.25, -0.2) is 4.68 Å². The van der Waals surface area contributed by atoms with E-state index in [1.54, 1.807) is 0 Å². The van der Waals surface area contributed by atoms with Gasteiger partial charge in [0.2, 0.25) is 0 Å². The Kier molecular flexibility index (Phi) is 6.31. The number of rotatable bonds is 5. The number of anilines is 1. The zero-order valence-corrected chi connectivity index (χ0v) is 22.1. The second kappa shape index (κ2) is 9.18. The molecule has 1 saturated carbocycles. The fourth-order valence-electron chi connectivity index (χ4n) is 6.03. The third-order valence-electron chi connectivity index (χ3n) is 7.63. The van der Waals surface area contributed by atoms with Crippen LogP contribution in [-0.2, 0) is 12.8 Å². The average Bonchev–Trinajstić information content (AvgIpc) is 3.09. The Bertz CT molecular complexity index is 1370. The van der Waals surface area contributed by atoms with E-state index in [1.165, 1.54) is 0 Å². The molecule has 7 nitrogen and oxygen atoms in total. The van der Waals surface area contributed by atoms with E-state index >= 15 is 0 Å². The molecule has 0 spiro atoms. The summed E-state index contributed by atoms with van der Waals surface area (Å²) in [5.41, 5.74) is 4.79. The predicted molar refractivity (Wildman–Crippen MR) is 143 cm³/mol. The molecule has 0 saturated heterocycles. The zero-order valence-electron chi connectivity index (χ0n) is 22.1. The Hall–Kier alpha value is -2.93. The van der Waals surface area contributed by atoms with Gasteiger partial charge in [-0.1, -0.05) is 27.7 Å². The lowest BCUT2D eigenvalue weighted by Gasteiger charge is -2.29. The molecule has 2 aliphatic carbocycles. The van der Waals surface area contributed by atoms with Gasteiger partial charge in [-0.05, 0) is 80.4 Å². The Morgan fingerprint density at radius 2 is 1.86 bits per heavy atom. The lowest BCUT2D eigenvalue weighted by Crippen LogP contribution is -2.29. The molecule has 2 aliphatic rings. The monoisotopic (exact) mass is 490 g/mol. The summed E-state index contributed by atoms with van der Waals surface area (Å²) in [4.78, 5) is 29.4. The summed E-state index contributed by atoms with van der Waals surface area (Å²) in [7, 11) is 0. The number of aromatic nitrogens is 3. The van der Waals surface area contributed by atoms with Gasteiger partial charge in [0, 0.05) is 23.8 Å². The molecular weight excluding hydrogens is 452 g/mol. The predicted octanol–water partition coefficient (Wildman–Crippen LogP) is 5.09. The summed E-state index contributed by atoms with van der Waals surface area (Å²) < 4.78 is 1.92. The van der Waals surface area contributed by atoms with E-state index in [1.807, 2.05) is 23.7 Å². The highest BCUT2D eigenvalue weighted by molar-refractivity contribution is 6.00. The van der Waals surface area contributed by atoms with Crippen LogP contribution in [-0.4, -0.2) is 37.8 Å². The average molecular weight is 491 g/mol. The summed E-state index contributed by atoms with van der Waals surface area (Å²) in [5.74, 6) is 0.571. The first-order valence-corrected chi connectivity index (χ1v) is 13.3. The Labute approximate surface area is 212 Å². The molecule has 0 amide bonds. The smallest absolute Gasteiger partial charge is 0.258 e. The van der Waals surface area contributed by atoms with Gasteiger partial charge < -0.3 is 15.4 Å². The number of nitrogens with one attached hydrogen (secondary N) is 2. The minimum absolute atomic E-state index is 0.0944. The summed E-state index contributed by atoms with van der Waals surface area (Å²) in [6.45, 7) is 10.4. The second-order valence-corrected chi connectivity index (χ2v) is 12.1. The molecule has 0 unspecified atom stereocenters. The molecule has 192 valence electrons. The number of aromatic amines is 1. The normalized spacial score (nSPS) is 21.7. The highest BCUT2D eigenvalue weighted by atomic mass is 16.3. The highest BCUT2D eigenvalue weighted by Gasteiger charge is 2.36. The van der Waals surface area contributed by atoms with Crippen molar-refractivity contribution in [1.29, 1.82) is 0 Å². The fraction of sp³-hybridized carbons (Fsp3) is 0.552.